The summed E-state index contributed by atoms with van der Waals surface area (Å²) in [7, 11) is 0. The van der Waals surface area contributed by atoms with E-state index in [0.29, 0.717) is 36.7 Å². The first-order valence-electron chi connectivity index (χ1n) is 10.4. The van der Waals surface area contributed by atoms with Crippen LogP contribution in [0.5, 0.6) is 0 Å². The van der Waals surface area contributed by atoms with Gasteiger partial charge in [-0.1, -0.05) is 19.9 Å². The van der Waals surface area contributed by atoms with Gasteiger partial charge >= 0.3 is 0 Å². The number of hydrogen-bond donors (Lipinski definition) is 1. The normalized spacial score (nSPS) is 15.9. The third-order valence-electron chi connectivity index (χ3n) is 5.63. The van der Waals surface area contributed by atoms with Gasteiger partial charge in [0.25, 0.3) is 0 Å². The van der Waals surface area contributed by atoms with Crippen LogP contribution in [0.25, 0.3) is 0 Å². The van der Waals surface area contributed by atoms with E-state index in [-0.39, 0.29) is 61.0 Å². The van der Waals surface area contributed by atoms with Crippen molar-refractivity contribution in [1.82, 2.24) is 10.2 Å². The minimum Gasteiger partial charge on any atom is -0.353 e. The van der Waals surface area contributed by atoms with Crippen molar-refractivity contribution in [2.75, 3.05) is 13.1 Å². The van der Waals surface area contributed by atoms with Crippen LogP contribution in [0.15, 0.2) is 17.5 Å². The molecule has 0 aromatic carbocycles. The van der Waals surface area contributed by atoms with Crippen LogP contribution in [-0.2, 0) is 14.4 Å². The highest BCUT2D eigenvalue weighted by molar-refractivity contribution is 7.12. The lowest BCUT2D eigenvalue weighted by atomic mass is 9.94. The number of nitrogens with one attached hydrogen (secondary N) is 1. The van der Waals surface area contributed by atoms with Gasteiger partial charge in [-0.2, -0.15) is 0 Å². The van der Waals surface area contributed by atoms with E-state index in [9.17, 15) is 19.2 Å². The van der Waals surface area contributed by atoms with Crippen molar-refractivity contribution in [2.45, 2.75) is 65.3 Å². The summed E-state index contributed by atoms with van der Waals surface area (Å²) in [4.78, 5) is 51.1. The molecule has 2 amide bonds. The van der Waals surface area contributed by atoms with E-state index in [2.05, 4.69) is 19.2 Å². The minimum absolute atomic E-state index is 0.0215. The molecule has 1 atom stereocenters. The molecule has 7 heteroatoms. The SMILES string of the molecule is CC(C)C(C)NC(=O)C1CCN(C(=O)CCC(=O)CCC(=O)c2cccs2)CC1. The fourth-order valence-corrected chi connectivity index (χ4v) is 3.94. The second-order valence-electron chi connectivity index (χ2n) is 8.14. The first-order chi connectivity index (χ1) is 13.8. The fraction of sp³-hybridized carbons (Fsp3) is 0.636. The van der Waals surface area contributed by atoms with Crippen molar-refractivity contribution < 1.29 is 19.2 Å². The Morgan fingerprint density at radius 1 is 1.07 bits per heavy atom. The van der Waals surface area contributed by atoms with Crippen molar-refractivity contribution in [3.63, 3.8) is 0 Å². The van der Waals surface area contributed by atoms with Crippen molar-refractivity contribution in [2.24, 2.45) is 11.8 Å². The van der Waals surface area contributed by atoms with Gasteiger partial charge in [0.1, 0.15) is 5.78 Å². The second kappa shape index (κ2) is 11.2. The quantitative estimate of drug-likeness (QED) is 0.588. The topological polar surface area (TPSA) is 83.6 Å². The summed E-state index contributed by atoms with van der Waals surface area (Å²) in [6.07, 6.45) is 2.04. The van der Waals surface area contributed by atoms with Gasteiger partial charge in [0.15, 0.2) is 5.78 Å². The highest BCUT2D eigenvalue weighted by Gasteiger charge is 2.28. The molecular weight excluding hydrogens is 388 g/mol. The van der Waals surface area contributed by atoms with E-state index in [4.69, 9.17) is 0 Å². The van der Waals surface area contributed by atoms with Crippen LogP contribution in [0, 0.1) is 11.8 Å². The molecule has 1 aromatic rings. The molecule has 1 aliphatic rings. The Labute approximate surface area is 177 Å². The summed E-state index contributed by atoms with van der Waals surface area (Å²) < 4.78 is 0. The van der Waals surface area contributed by atoms with E-state index in [1.165, 1.54) is 11.3 Å². The number of Topliss-reactive ketones (excluding diaryl/α,β-unsaturated/α-hetero) is 2. The van der Waals surface area contributed by atoms with Crippen LogP contribution in [0.2, 0.25) is 0 Å². The van der Waals surface area contributed by atoms with Crippen LogP contribution < -0.4 is 5.32 Å². The zero-order valence-electron chi connectivity index (χ0n) is 17.6. The average Bonchev–Trinajstić information content (AvgIpc) is 3.25. The summed E-state index contributed by atoms with van der Waals surface area (Å²) >= 11 is 1.38. The summed E-state index contributed by atoms with van der Waals surface area (Å²) in [6.45, 7) is 7.26. The monoisotopic (exact) mass is 420 g/mol. The number of amides is 2. The van der Waals surface area contributed by atoms with Crippen LogP contribution in [0.4, 0.5) is 0 Å². The lowest BCUT2D eigenvalue weighted by Crippen LogP contribution is -2.45. The molecular formula is C22H32N2O4S. The molecule has 1 aromatic heterocycles. The van der Waals surface area contributed by atoms with Gasteiger partial charge in [0.05, 0.1) is 4.88 Å². The van der Waals surface area contributed by atoms with E-state index in [1.54, 1.807) is 11.0 Å². The molecule has 0 radical (unpaired) electrons. The number of rotatable bonds is 10. The zero-order valence-corrected chi connectivity index (χ0v) is 18.4. The summed E-state index contributed by atoms with van der Waals surface area (Å²) in [6, 6.07) is 3.71. The molecule has 0 bridgehead atoms. The predicted molar refractivity (Wildman–Crippen MR) is 114 cm³/mol. The molecule has 2 rings (SSSR count). The third-order valence-corrected chi connectivity index (χ3v) is 6.54. The first kappa shape index (κ1) is 23.3. The highest BCUT2D eigenvalue weighted by Crippen LogP contribution is 2.19. The summed E-state index contributed by atoms with van der Waals surface area (Å²) in [5.74, 6) is 0.289. The number of piperidine rings is 1. The van der Waals surface area contributed by atoms with Crippen molar-refractivity contribution >= 4 is 34.7 Å². The van der Waals surface area contributed by atoms with E-state index < -0.39 is 0 Å². The Bertz CT molecular complexity index is 706. The molecule has 1 fully saturated rings. The number of likely N-dealkylation sites (tertiary alicyclic amines) is 1. The number of hydrogen-bond acceptors (Lipinski definition) is 5. The maximum absolute atomic E-state index is 12.4. The van der Waals surface area contributed by atoms with E-state index in [0.717, 1.165) is 0 Å². The van der Waals surface area contributed by atoms with Gasteiger partial charge in [0.2, 0.25) is 11.8 Å². The van der Waals surface area contributed by atoms with Gasteiger partial charge in [0, 0.05) is 50.7 Å². The smallest absolute Gasteiger partial charge is 0.223 e. The van der Waals surface area contributed by atoms with Gasteiger partial charge < -0.3 is 10.2 Å². The van der Waals surface area contributed by atoms with Crippen molar-refractivity contribution in [3.05, 3.63) is 22.4 Å². The zero-order chi connectivity index (χ0) is 21.4. The molecule has 29 heavy (non-hydrogen) atoms. The second-order valence-corrected chi connectivity index (χ2v) is 9.08. The third kappa shape index (κ3) is 7.38. The molecule has 0 spiro atoms. The Morgan fingerprint density at radius 2 is 1.72 bits per heavy atom. The average molecular weight is 421 g/mol. The van der Waals surface area contributed by atoms with Gasteiger partial charge in [-0.3, -0.25) is 19.2 Å². The first-order valence-corrected chi connectivity index (χ1v) is 11.3. The largest absolute Gasteiger partial charge is 0.353 e. The van der Waals surface area contributed by atoms with Gasteiger partial charge in [-0.05, 0) is 37.1 Å². The molecule has 2 heterocycles. The Hall–Kier alpha value is -2.02. The Morgan fingerprint density at radius 3 is 2.31 bits per heavy atom. The summed E-state index contributed by atoms with van der Waals surface area (Å²) in [5.41, 5.74) is 0. The van der Waals surface area contributed by atoms with Crippen LogP contribution in [-0.4, -0.2) is 47.4 Å². The van der Waals surface area contributed by atoms with Crippen molar-refractivity contribution in [3.8, 4) is 0 Å². The molecule has 1 unspecified atom stereocenters. The van der Waals surface area contributed by atoms with Crippen LogP contribution in [0.3, 0.4) is 0 Å². The molecule has 0 saturated carbocycles. The number of carbonyl (C=O) groups excluding carboxylic acids is 4. The van der Waals surface area contributed by atoms with E-state index in [1.807, 2.05) is 18.4 Å². The molecule has 160 valence electrons. The lowest BCUT2D eigenvalue weighted by molar-refractivity contribution is -0.136. The number of thiophene rings is 1. The summed E-state index contributed by atoms with van der Waals surface area (Å²) in [5, 5.41) is 4.89. The molecule has 1 N–H and O–H groups in total. The fourth-order valence-electron chi connectivity index (χ4n) is 3.24. The molecule has 6 nitrogen and oxygen atoms in total. The Balaban J connectivity index is 1.65. The number of ketones is 2. The standard InChI is InChI=1S/C22H32N2O4S/c1-15(2)16(3)23-22(28)17-10-12-24(13-11-17)21(27)9-7-18(25)6-8-19(26)20-5-4-14-29-20/h4-5,14-17H,6-13H2,1-3H3,(H,23,28). The maximum atomic E-state index is 12.4. The minimum atomic E-state index is -0.0554. The van der Waals surface area contributed by atoms with Crippen molar-refractivity contribution in [1.29, 1.82) is 0 Å². The maximum Gasteiger partial charge on any atom is 0.223 e. The number of nitrogens with zero attached hydrogens (tertiary/aromatic N) is 1. The van der Waals surface area contributed by atoms with Crippen LogP contribution >= 0.6 is 11.3 Å². The van der Waals surface area contributed by atoms with Gasteiger partial charge in [-0.25, -0.2) is 0 Å². The number of carbonyl (C=O) groups is 4. The van der Waals surface area contributed by atoms with Gasteiger partial charge in [-0.15, -0.1) is 11.3 Å². The van der Waals surface area contributed by atoms with E-state index >= 15 is 0 Å². The molecule has 1 saturated heterocycles. The predicted octanol–water partition coefficient (Wildman–Crippen LogP) is 3.46. The Kier molecular flexibility index (Phi) is 9.01. The lowest BCUT2D eigenvalue weighted by Gasteiger charge is -2.32. The highest BCUT2D eigenvalue weighted by atomic mass is 32.1. The molecule has 1 aliphatic heterocycles. The molecule has 0 aliphatic carbocycles. The van der Waals surface area contributed by atoms with Crippen LogP contribution in [0.1, 0.15) is 69.0 Å².